The number of Topliss-reactive ketones (excluding diaryl/α,β-unsaturated/α-hetero) is 1. The zero-order chi connectivity index (χ0) is 37.9. The molecule has 1 heterocycles. The van der Waals surface area contributed by atoms with E-state index >= 15 is 0 Å². The van der Waals surface area contributed by atoms with Gasteiger partial charge in [0, 0.05) is 29.8 Å². The Kier molecular flexibility index (Phi) is 13.7. The van der Waals surface area contributed by atoms with Crippen LogP contribution < -0.4 is 11.1 Å². The fraction of sp³-hybridized carbons (Fsp3) is 0.359. The van der Waals surface area contributed by atoms with Gasteiger partial charge in [-0.2, -0.15) is 0 Å². The van der Waals surface area contributed by atoms with Gasteiger partial charge in [0.1, 0.15) is 11.7 Å². The number of carbonyl (C=O) groups excluding carboxylic acids is 5. The molecular weight excluding hydrogens is 668 g/mol. The van der Waals surface area contributed by atoms with Gasteiger partial charge in [-0.25, -0.2) is 9.78 Å². The van der Waals surface area contributed by atoms with Crippen LogP contribution in [0.2, 0.25) is 0 Å². The Balaban J connectivity index is 1.70. The number of benzene rings is 2. The largest absolute Gasteiger partial charge is 0.466 e. The summed E-state index contributed by atoms with van der Waals surface area (Å²) < 4.78 is 15.2. The third-order valence-corrected chi connectivity index (χ3v) is 8.50. The van der Waals surface area contributed by atoms with E-state index in [1.165, 1.54) is 18.2 Å². The summed E-state index contributed by atoms with van der Waals surface area (Å²) in [5, 5.41) is 21.2. The van der Waals surface area contributed by atoms with E-state index in [2.05, 4.69) is 16.9 Å². The van der Waals surface area contributed by atoms with Crippen molar-refractivity contribution in [2.75, 3.05) is 19.9 Å². The predicted octanol–water partition coefficient (Wildman–Crippen LogP) is 4.41. The predicted molar refractivity (Wildman–Crippen MR) is 192 cm³/mol. The molecule has 0 unspecified atom stereocenters. The van der Waals surface area contributed by atoms with Crippen molar-refractivity contribution in [3.8, 4) is 11.1 Å². The fourth-order valence-electron chi connectivity index (χ4n) is 5.19. The van der Waals surface area contributed by atoms with Gasteiger partial charge in [-0.1, -0.05) is 50.8 Å². The summed E-state index contributed by atoms with van der Waals surface area (Å²) in [5.74, 6) is -3.01. The van der Waals surface area contributed by atoms with Crippen LogP contribution >= 0.6 is 0 Å². The molecular formula is C39H44N4O9. The van der Waals surface area contributed by atoms with Crippen LogP contribution in [0.1, 0.15) is 93.6 Å². The van der Waals surface area contributed by atoms with Crippen LogP contribution in [0.5, 0.6) is 0 Å². The van der Waals surface area contributed by atoms with Gasteiger partial charge in [0.25, 0.3) is 5.91 Å². The maximum absolute atomic E-state index is 14.0. The second kappa shape index (κ2) is 18.1. The van der Waals surface area contributed by atoms with Crippen LogP contribution in [0.3, 0.4) is 0 Å². The van der Waals surface area contributed by atoms with Crippen LogP contribution in [0.15, 0.2) is 55.1 Å². The number of hydrogen-bond acceptors (Lipinski definition) is 12. The summed E-state index contributed by atoms with van der Waals surface area (Å²) in [7, 11) is 0. The van der Waals surface area contributed by atoms with Gasteiger partial charge in [0.15, 0.2) is 11.5 Å². The minimum absolute atomic E-state index is 0.0678. The first-order chi connectivity index (χ1) is 24.9. The molecule has 13 nitrogen and oxygen atoms in total. The first-order valence-electron chi connectivity index (χ1n) is 17.0. The van der Waals surface area contributed by atoms with E-state index in [4.69, 9.17) is 25.4 Å². The second-order valence-electron chi connectivity index (χ2n) is 12.7. The lowest BCUT2D eigenvalue weighted by Gasteiger charge is -2.17. The highest BCUT2D eigenvalue weighted by Crippen LogP contribution is 2.32. The number of aliphatic hydroxyl groups excluding tert-OH is 1. The number of ether oxygens (including phenoxy) is 3. The van der Waals surface area contributed by atoms with Crippen molar-refractivity contribution in [2.24, 2.45) is 17.6 Å². The number of hydrogen-bond donors (Lipinski definition) is 4. The number of aliphatic hydroxyl groups is 1. The number of aromatic nitrogens is 1. The van der Waals surface area contributed by atoms with Crippen LogP contribution in [-0.2, 0) is 36.8 Å². The van der Waals surface area contributed by atoms with E-state index in [1.807, 2.05) is 0 Å². The molecule has 5 N–H and O–H groups in total. The van der Waals surface area contributed by atoms with Crippen molar-refractivity contribution in [1.29, 1.82) is 5.41 Å². The number of nitrogens with two attached hydrogens (primary N) is 1. The number of carbonyl (C=O) groups is 5. The number of pyridine rings is 1. The Morgan fingerprint density at radius 1 is 1.04 bits per heavy atom. The van der Waals surface area contributed by atoms with E-state index in [1.54, 1.807) is 57.2 Å². The molecule has 2 aromatic carbocycles. The molecule has 0 bridgehead atoms. The summed E-state index contributed by atoms with van der Waals surface area (Å²) in [6.07, 6.45) is 3.24. The van der Waals surface area contributed by atoms with Crippen molar-refractivity contribution in [3.05, 3.63) is 94.3 Å². The van der Waals surface area contributed by atoms with E-state index in [-0.39, 0.29) is 64.9 Å². The summed E-state index contributed by atoms with van der Waals surface area (Å²) in [4.78, 5) is 69.1. The highest BCUT2D eigenvalue weighted by atomic mass is 16.7. The number of amides is 1. The minimum atomic E-state index is -1.03. The third kappa shape index (κ3) is 10.3. The monoisotopic (exact) mass is 712 g/mol. The first kappa shape index (κ1) is 39.3. The zero-order valence-electron chi connectivity index (χ0n) is 29.5. The maximum atomic E-state index is 14.0. The Morgan fingerprint density at radius 2 is 1.75 bits per heavy atom. The fourth-order valence-corrected chi connectivity index (χ4v) is 5.19. The lowest BCUT2D eigenvalue weighted by atomic mass is 9.89. The van der Waals surface area contributed by atoms with Crippen LogP contribution in [0, 0.1) is 17.2 Å². The normalized spacial score (nSPS) is 12.8. The highest BCUT2D eigenvalue weighted by molar-refractivity contribution is 6.09. The SMILES string of the molecule is C=Cc1cc(C(=O)Cc2ccc(C(=N)CC(=O)OCC)cc2)c(-c2ccc(C(=O)NCC3CC3)nc2C(=O)OCOC(=O)[C@@H](N)C(C)C)cc1CO. The van der Waals surface area contributed by atoms with Gasteiger partial charge >= 0.3 is 17.9 Å². The molecule has 1 saturated carbocycles. The summed E-state index contributed by atoms with van der Waals surface area (Å²) in [5.41, 5.74) is 8.05. The highest BCUT2D eigenvalue weighted by Gasteiger charge is 2.27. The molecule has 1 fully saturated rings. The number of rotatable bonds is 18. The molecule has 1 aliphatic carbocycles. The van der Waals surface area contributed by atoms with E-state index in [0.29, 0.717) is 34.7 Å². The molecule has 0 aliphatic heterocycles. The average Bonchev–Trinajstić information content (AvgIpc) is 3.97. The molecule has 1 aliphatic rings. The molecule has 1 aromatic heterocycles. The molecule has 0 spiro atoms. The zero-order valence-corrected chi connectivity index (χ0v) is 29.5. The van der Waals surface area contributed by atoms with Crippen LogP contribution in [0.4, 0.5) is 0 Å². The van der Waals surface area contributed by atoms with Gasteiger partial charge in [-0.3, -0.25) is 19.2 Å². The topological polar surface area (TPSA) is 208 Å². The van der Waals surface area contributed by atoms with Crippen molar-refractivity contribution in [1.82, 2.24) is 10.3 Å². The third-order valence-electron chi connectivity index (χ3n) is 8.50. The minimum Gasteiger partial charge on any atom is -0.466 e. The van der Waals surface area contributed by atoms with Gasteiger partial charge < -0.3 is 35.8 Å². The standard InChI is InChI=1S/C39H44N4O9/c1-5-25-16-30(33(45)15-23-9-11-26(12-10-23)31(40)18-34(46)50-6-2)29(17-27(25)20-44)28-13-14-32(37(47)42-19-24-7-8-24)43-36(28)39(49)52-21-51-38(48)35(41)22(3)4/h5,9-14,16-17,22,24,35,40,44H,1,6-8,15,18-21,41H2,2-4H3,(H,42,47)/t35-/m0/s1. The maximum Gasteiger partial charge on any atom is 0.360 e. The van der Waals surface area contributed by atoms with E-state index in [0.717, 1.165) is 12.8 Å². The molecule has 13 heteroatoms. The Bertz CT molecular complexity index is 1850. The van der Waals surface area contributed by atoms with Crippen molar-refractivity contribution in [2.45, 2.75) is 59.1 Å². The molecule has 4 rings (SSSR count). The second-order valence-corrected chi connectivity index (χ2v) is 12.7. The quantitative estimate of drug-likeness (QED) is 0.0629. The number of esters is 3. The summed E-state index contributed by atoms with van der Waals surface area (Å²) >= 11 is 0. The summed E-state index contributed by atoms with van der Waals surface area (Å²) in [6, 6.07) is 11.7. The number of ketones is 1. The molecule has 0 radical (unpaired) electrons. The lowest BCUT2D eigenvalue weighted by molar-refractivity contribution is -0.154. The van der Waals surface area contributed by atoms with Gasteiger partial charge in [0.2, 0.25) is 6.79 Å². The van der Waals surface area contributed by atoms with Gasteiger partial charge in [-0.15, -0.1) is 0 Å². The van der Waals surface area contributed by atoms with Gasteiger partial charge in [-0.05, 0) is 83.7 Å². The Labute approximate surface area is 302 Å². The number of nitrogens with zero attached hydrogens (tertiary/aromatic N) is 1. The van der Waals surface area contributed by atoms with E-state index in [9.17, 15) is 29.1 Å². The van der Waals surface area contributed by atoms with Crippen molar-refractivity contribution in [3.63, 3.8) is 0 Å². The molecule has 3 aromatic rings. The Hall–Kier alpha value is -5.53. The summed E-state index contributed by atoms with van der Waals surface area (Å²) in [6.45, 7) is 8.46. The molecule has 274 valence electrons. The van der Waals surface area contributed by atoms with Crippen molar-refractivity contribution >= 4 is 41.4 Å². The Morgan fingerprint density at radius 3 is 2.37 bits per heavy atom. The first-order valence-corrected chi connectivity index (χ1v) is 17.0. The average molecular weight is 713 g/mol. The van der Waals surface area contributed by atoms with E-state index < -0.39 is 43.3 Å². The molecule has 1 atom stereocenters. The molecule has 1 amide bonds. The molecule has 52 heavy (non-hydrogen) atoms. The lowest BCUT2D eigenvalue weighted by Crippen LogP contribution is -2.37. The smallest absolute Gasteiger partial charge is 0.360 e. The molecule has 0 saturated heterocycles. The number of nitrogens with one attached hydrogen (secondary N) is 2. The van der Waals surface area contributed by atoms with Crippen LogP contribution in [0.25, 0.3) is 17.2 Å². The van der Waals surface area contributed by atoms with Crippen molar-refractivity contribution < 1.29 is 43.3 Å². The van der Waals surface area contributed by atoms with Gasteiger partial charge in [0.05, 0.1) is 19.6 Å². The van der Waals surface area contributed by atoms with Crippen LogP contribution in [-0.4, -0.2) is 71.4 Å².